The predicted molar refractivity (Wildman–Crippen MR) is 107 cm³/mol. The number of fused-ring (bicyclic) bond motifs is 1. The number of carbonyl (C=O) groups is 2. The number of halogens is 1. The molecule has 3 aromatic rings. The molecule has 8 heteroatoms. The van der Waals surface area contributed by atoms with Crippen LogP contribution in [-0.4, -0.2) is 32.7 Å². The fourth-order valence-corrected chi connectivity index (χ4v) is 3.98. The summed E-state index contributed by atoms with van der Waals surface area (Å²) >= 11 is 6.21. The van der Waals surface area contributed by atoms with Crippen LogP contribution in [-0.2, 0) is 4.79 Å². The number of H-pyrrole nitrogens is 1. The molecule has 1 aromatic carbocycles. The van der Waals surface area contributed by atoms with Crippen LogP contribution in [0.4, 0.5) is 5.82 Å². The van der Waals surface area contributed by atoms with Gasteiger partial charge in [0.2, 0.25) is 5.91 Å². The van der Waals surface area contributed by atoms with Crippen molar-refractivity contribution in [1.82, 2.24) is 15.0 Å². The maximum Gasteiger partial charge on any atom is 0.220 e. The maximum atomic E-state index is 13.1. The number of hydrogen-bond acceptors (Lipinski definition) is 5. The van der Waals surface area contributed by atoms with Gasteiger partial charge in [0.25, 0.3) is 0 Å². The molecule has 0 radical (unpaired) electrons. The molecule has 2 aromatic heterocycles. The lowest BCUT2D eigenvalue weighted by Gasteiger charge is -2.27. The number of ketones is 1. The van der Waals surface area contributed by atoms with Crippen molar-refractivity contribution >= 4 is 40.1 Å². The van der Waals surface area contributed by atoms with Gasteiger partial charge in [-0.05, 0) is 37.8 Å². The van der Waals surface area contributed by atoms with Crippen molar-refractivity contribution in [3.8, 4) is 0 Å². The van der Waals surface area contributed by atoms with Crippen LogP contribution in [0.3, 0.4) is 0 Å². The van der Waals surface area contributed by atoms with Gasteiger partial charge in [0, 0.05) is 23.7 Å². The van der Waals surface area contributed by atoms with E-state index < -0.39 is 0 Å². The van der Waals surface area contributed by atoms with E-state index in [0.29, 0.717) is 33.0 Å². The van der Waals surface area contributed by atoms with Gasteiger partial charge in [-0.3, -0.25) is 9.59 Å². The van der Waals surface area contributed by atoms with Gasteiger partial charge in [-0.25, -0.2) is 9.97 Å². The monoisotopic (exact) mass is 397 g/mol. The highest BCUT2D eigenvalue weighted by atomic mass is 35.5. The van der Waals surface area contributed by atoms with Crippen molar-refractivity contribution in [2.24, 2.45) is 11.7 Å². The summed E-state index contributed by atoms with van der Waals surface area (Å²) in [4.78, 5) is 36.1. The quantitative estimate of drug-likeness (QED) is 0.571. The first-order valence-electron chi connectivity index (χ1n) is 9.21. The van der Waals surface area contributed by atoms with E-state index in [9.17, 15) is 9.59 Å². The summed E-state index contributed by atoms with van der Waals surface area (Å²) < 4.78 is 0. The van der Waals surface area contributed by atoms with E-state index in [4.69, 9.17) is 17.3 Å². The Morgan fingerprint density at radius 1 is 1.11 bits per heavy atom. The molecule has 1 amide bonds. The zero-order chi connectivity index (χ0) is 19.7. The van der Waals surface area contributed by atoms with Gasteiger partial charge in [0.15, 0.2) is 5.78 Å². The van der Waals surface area contributed by atoms with E-state index in [1.54, 1.807) is 30.5 Å². The molecule has 2 heterocycles. The molecule has 0 atom stereocenters. The Morgan fingerprint density at radius 3 is 2.57 bits per heavy atom. The molecule has 1 fully saturated rings. The van der Waals surface area contributed by atoms with Gasteiger partial charge in [0.05, 0.1) is 16.0 Å². The third-order valence-electron chi connectivity index (χ3n) is 5.30. The number of nitrogens with zero attached hydrogens (tertiary/aromatic N) is 2. The minimum Gasteiger partial charge on any atom is -0.369 e. The number of hydrogen-bond donors (Lipinski definition) is 3. The third-order valence-corrected chi connectivity index (χ3v) is 5.63. The van der Waals surface area contributed by atoms with Gasteiger partial charge < -0.3 is 16.0 Å². The molecular weight excluding hydrogens is 378 g/mol. The zero-order valence-electron chi connectivity index (χ0n) is 15.1. The smallest absolute Gasteiger partial charge is 0.220 e. The van der Waals surface area contributed by atoms with Crippen LogP contribution in [0.2, 0.25) is 5.02 Å². The molecule has 0 aliphatic heterocycles. The van der Waals surface area contributed by atoms with Crippen LogP contribution in [0, 0.1) is 5.92 Å². The summed E-state index contributed by atoms with van der Waals surface area (Å²) in [6.07, 6.45) is 6.23. The topological polar surface area (TPSA) is 114 Å². The Bertz CT molecular complexity index is 1040. The molecule has 0 spiro atoms. The second-order valence-electron chi connectivity index (χ2n) is 7.05. The highest BCUT2D eigenvalue weighted by Crippen LogP contribution is 2.31. The number of nitrogens with one attached hydrogen (secondary N) is 2. The average Bonchev–Trinajstić information content (AvgIpc) is 3.13. The predicted octanol–water partition coefficient (Wildman–Crippen LogP) is 3.30. The van der Waals surface area contributed by atoms with Gasteiger partial charge >= 0.3 is 0 Å². The Balaban J connectivity index is 1.64. The number of anilines is 1. The van der Waals surface area contributed by atoms with E-state index in [2.05, 4.69) is 20.3 Å². The molecule has 0 unspecified atom stereocenters. The molecule has 28 heavy (non-hydrogen) atoms. The molecular formula is C20H20ClN5O2. The molecule has 4 N–H and O–H groups in total. The Labute approximate surface area is 166 Å². The lowest BCUT2D eigenvalue weighted by atomic mass is 9.85. The molecule has 1 aliphatic carbocycles. The van der Waals surface area contributed by atoms with Crippen molar-refractivity contribution in [3.63, 3.8) is 0 Å². The van der Waals surface area contributed by atoms with E-state index in [1.807, 2.05) is 0 Å². The van der Waals surface area contributed by atoms with Crippen molar-refractivity contribution in [1.29, 1.82) is 0 Å². The Hall–Kier alpha value is -2.93. The third kappa shape index (κ3) is 3.45. The second-order valence-corrected chi connectivity index (χ2v) is 7.46. The van der Waals surface area contributed by atoms with Crippen LogP contribution in [0.25, 0.3) is 11.0 Å². The summed E-state index contributed by atoms with van der Waals surface area (Å²) in [5.74, 6) is 0.116. The van der Waals surface area contributed by atoms with Crippen molar-refractivity contribution < 1.29 is 9.59 Å². The Kier molecular flexibility index (Phi) is 5.00. The van der Waals surface area contributed by atoms with Crippen molar-refractivity contribution in [2.45, 2.75) is 31.7 Å². The van der Waals surface area contributed by atoms with E-state index >= 15 is 0 Å². The summed E-state index contributed by atoms with van der Waals surface area (Å²) in [7, 11) is 0. The van der Waals surface area contributed by atoms with Gasteiger partial charge in [0.1, 0.15) is 17.8 Å². The van der Waals surface area contributed by atoms with E-state index in [-0.39, 0.29) is 23.7 Å². The number of nitrogens with two attached hydrogens (primary N) is 1. The SMILES string of the molecule is NC(=O)[C@H]1CC[C@@H](Nc2ncnc3[nH]cc(C(=O)c4ccccc4Cl)c23)CC1. The number of aromatic amines is 1. The molecule has 144 valence electrons. The number of primary amides is 1. The summed E-state index contributed by atoms with van der Waals surface area (Å²) in [5, 5.41) is 4.47. The first-order valence-corrected chi connectivity index (χ1v) is 9.59. The number of carbonyl (C=O) groups excluding carboxylic acids is 2. The van der Waals surface area contributed by atoms with E-state index in [1.165, 1.54) is 6.33 Å². The normalized spacial score (nSPS) is 19.5. The molecule has 7 nitrogen and oxygen atoms in total. The van der Waals surface area contributed by atoms with Crippen LogP contribution in [0.1, 0.15) is 41.6 Å². The Morgan fingerprint density at radius 2 is 1.86 bits per heavy atom. The summed E-state index contributed by atoms with van der Waals surface area (Å²) in [6.45, 7) is 0. The fourth-order valence-electron chi connectivity index (χ4n) is 3.76. The van der Waals surface area contributed by atoms with Crippen LogP contribution < -0.4 is 11.1 Å². The number of rotatable bonds is 5. The largest absolute Gasteiger partial charge is 0.369 e. The van der Waals surface area contributed by atoms with Crippen LogP contribution in [0.5, 0.6) is 0 Å². The first kappa shape index (κ1) is 18.4. The lowest BCUT2D eigenvalue weighted by Crippen LogP contribution is -2.32. The first-order chi connectivity index (χ1) is 13.5. The fraction of sp³-hybridized carbons (Fsp3) is 0.300. The van der Waals surface area contributed by atoms with Gasteiger partial charge in [-0.15, -0.1) is 0 Å². The minimum atomic E-state index is -0.235. The minimum absolute atomic E-state index is 0.0620. The van der Waals surface area contributed by atoms with Crippen molar-refractivity contribution in [3.05, 3.63) is 52.9 Å². The number of aromatic nitrogens is 3. The van der Waals surface area contributed by atoms with Gasteiger partial charge in [-0.2, -0.15) is 0 Å². The van der Waals surface area contributed by atoms with E-state index in [0.717, 1.165) is 25.7 Å². The maximum absolute atomic E-state index is 13.1. The lowest BCUT2D eigenvalue weighted by molar-refractivity contribution is -0.122. The van der Waals surface area contributed by atoms with Crippen molar-refractivity contribution in [2.75, 3.05) is 5.32 Å². The summed E-state index contributed by atoms with van der Waals surface area (Å²) in [5.41, 5.74) is 6.90. The second kappa shape index (κ2) is 7.59. The zero-order valence-corrected chi connectivity index (χ0v) is 15.9. The average molecular weight is 398 g/mol. The standard InChI is InChI=1S/C20H20ClN5O2/c21-15-4-2-1-3-13(15)17(27)14-9-23-19-16(14)20(25-10-24-19)26-12-7-5-11(6-8-12)18(22)28/h1-4,9-12H,5-8H2,(H2,22,28)(H2,23,24,25,26)/t11-,12+. The van der Waals surface area contributed by atoms with Crippen LogP contribution >= 0.6 is 11.6 Å². The highest BCUT2D eigenvalue weighted by Gasteiger charge is 2.26. The molecule has 4 rings (SSSR count). The molecule has 1 saturated carbocycles. The molecule has 0 bridgehead atoms. The highest BCUT2D eigenvalue weighted by molar-refractivity contribution is 6.35. The van der Waals surface area contributed by atoms with Crippen LogP contribution in [0.15, 0.2) is 36.8 Å². The number of benzene rings is 1. The number of amides is 1. The molecule has 0 saturated heterocycles. The molecule has 1 aliphatic rings. The van der Waals surface area contributed by atoms with Gasteiger partial charge in [-0.1, -0.05) is 23.7 Å². The summed E-state index contributed by atoms with van der Waals surface area (Å²) in [6, 6.07) is 7.11.